The van der Waals surface area contributed by atoms with Gasteiger partial charge in [-0.15, -0.1) is 0 Å². The van der Waals surface area contributed by atoms with E-state index in [4.69, 9.17) is 9.15 Å². The lowest BCUT2D eigenvalue weighted by molar-refractivity contribution is 0.120. The zero-order valence-electron chi connectivity index (χ0n) is 16.5. The highest BCUT2D eigenvalue weighted by atomic mass is 32.2. The van der Waals surface area contributed by atoms with Crippen LogP contribution in [0.5, 0.6) is 0 Å². The smallest absolute Gasteiger partial charge is 0.233 e. The van der Waals surface area contributed by atoms with Gasteiger partial charge in [0.1, 0.15) is 0 Å². The molecule has 6 nitrogen and oxygen atoms in total. The van der Waals surface area contributed by atoms with Gasteiger partial charge in [-0.1, -0.05) is 35.9 Å². The van der Waals surface area contributed by atoms with Crippen LogP contribution in [0.1, 0.15) is 24.0 Å². The molecule has 1 unspecified atom stereocenters. The lowest BCUT2D eigenvalue weighted by Crippen LogP contribution is -2.19. The normalized spacial score (nSPS) is 16.8. The Labute approximate surface area is 170 Å². The van der Waals surface area contributed by atoms with Crippen LogP contribution in [0.15, 0.2) is 62.9 Å². The van der Waals surface area contributed by atoms with E-state index in [1.54, 1.807) is 24.3 Å². The summed E-state index contributed by atoms with van der Waals surface area (Å²) in [6.45, 7) is 5.05. The van der Waals surface area contributed by atoms with Gasteiger partial charge in [-0.25, -0.2) is 8.42 Å². The molecule has 7 heteroatoms. The summed E-state index contributed by atoms with van der Waals surface area (Å²) in [5.41, 5.74) is 2.71. The third kappa shape index (κ3) is 4.06. The Morgan fingerprint density at radius 1 is 1.10 bits per heavy atom. The maximum atomic E-state index is 13.3. The fourth-order valence-electron chi connectivity index (χ4n) is 3.37. The molecule has 0 radical (unpaired) electrons. The number of sulfone groups is 1. The summed E-state index contributed by atoms with van der Waals surface area (Å²) < 4.78 is 38.1. The largest absolute Gasteiger partial charge is 0.419 e. The highest BCUT2D eigenvalue weighted by molar-refractivity contribution is 7.91. The minimum atomic E-state index is -3.84. The van der Waals surface area contributed by atoms with Crippen LogP contribution in [0.2, 0.25) is 0 Å². The number of nitrogens with zero attached hydrogens (tertiary/aromatic N) is 1. The van der Waals surface area contributed by atoms with Gasteiger partial charge in [0.15, 0.2) is 0 Å². The fourth-order valence-corrected chi connectivity index (χ4v) is 4.65. The number of aryl methyl sites for hydroxylation is 2. The molecule has 0 amide bonds. The second kappa shape index (κ2) is 8.00. The molecule has 3 aromatic rings. The molecule has 1 atom stereocenters. The number of oxazole rings is 1. The van der Waals surface area contributed by atoms with Crippen molar-refractivity contribution in [2.45, 2.75) is 42.7 Å². The number of aromatic nitrogens is 1. The van der Waals surface area contributed by atoms with Gasteiger partial charge in [0, 0.05) is 18.7 Å². The lowest BCUT2D eigenvalue weighted by Gasteiger charge is -2.11. The molecule has 0 saturated carbocycles. The molecule has 1 saturated heterocycles. The maximum absolute atomic E-state index is 13.3. The second-order valence-corrected chi connectivity index (χ2v) is 9.17. The van der Waals surface area contributed by atoms with Crippen LogP contribution in [0.4, 0.5) is 5.88 Å². The number of hydrogen-bond acceptors (Lipinski definition) is 6. The van der Waals surface area contributed by atoms with Crippen molar-refractivity contribution in [1.82, 2.24) is 4.98 Å². The van der Waals surface area contributed by atoms with E-state index in [0.717, 1.165) is 36.1 Å². The van der Waals surface area contributed by atoms with Crippen molar-refractivity contribution in [3.05, 3.63) is 59.7 Å². The minimum absolute atomic E-state index is 0.0388. The van der Waals surface area contributed by atoms with Gasteiger partial charge >= 0.3 is 0 Å². The van der Waals surface area contributed by atoms with E-state index in [9.17, 15) is 8.42 Å². The summed E-state index contributed by atoms with van der Waals surface area (Å²) in [7, 11) is -3.84. The number of rotatable bonds is 6. The standard InChI is InChI=1S/C22H24N2O4S/c1-15-9-11-18(12-10-15)29(25,26)22-21(23-14-17-7-5-13-27-17)28-20(24-22)19-8-4-3-6-16(19)2/h3-4,6,8-12,17,23H,5,7,13-14H2,1-2H3. The Kier molecular flexibility index (Phi) is 5.43. The summed E-state index contributed by atoms with van der Waals surface area (Å²) in [4.78, 5) is 4.59. The van der Waals surface area contributed by atoms with Crippen molar-refractivity contribution in [2.24, 2.45) is 0 Å². The molecule has 1 aliphatic rings. The molecule has 4 rings (SSSR count). The van der Waals surface area contributed by atoms with E-state index in [1.165, 1.54) is 0 Å². The first kappa shape index (κ1) is 19.7. The number of anilines is 1. The third-order valence-electron chi connectivity index (χ3n) is 5.07. The SMILES string of the molecule is Cc1ccc(S(=O)(=O)c2nc(-c3ccccc3C)oc2NCC2CCCO2)cc1. The van der Waals surface area contributed by atoms with Gasteiger partial charge in [0.25, 0.3) is 0 Å². The van der Waals surface area contributed by atoms with Crippen molar-refractivity contribution in [3.8, 4) is 11.5 Å². The number of hydrogen-bond donors (Lipinski definition) is 1. The zero-order chi connectivity index (χ0) is 20.4. The van der Waals surface area contributed by atoms with E-state index in [-0.39, 0.29) is 27.8 Å². The first-order valence-electron chi connectivity index (χ1n) is 9.69. The van der Waals surface area contributed by atoms with Crippen LogP contribution in [0.25, 0.3) is 11.5 Å². The summed E-state index contributed by atoms with van der Waals surface area (Å²) in [5.74, 6) is 0.433. The molecule has 1 aromatic heterocycles. The molecule has 152 valence electrons. The summed E-state index contributed by atoms with van der Waals surface area (Å²) in [6, 6.07) is 14.3. The average molecular weight is 413 g/mol. The number of benzene rings is 2. The summed E-state index contributed by atoms with van der Waals surface area (Å²) in [5, 5.41) is 3.02. The molecule has 0 bridgehead atoms. The van der Waals surface area contributed by atoms with Gasteiger partial charge in [0.05, 0.1) is 11.0 Å². The van der Waals surface area contributed by atoms with E-state index in [0.29, 0.717) is 6.54 Å². The summed E-state index contributed by atoms with van der Waals surface area (Å²) in [6.07, 6.45) is 1.98. The van der Waals surface area contributed by atoms with Gasteiger partial charge < -0.3 is 14.5 Å². The molecule has 0 spiro atoms. The fraction of sp³-hybridized carbons (Fsp3) is 0.318. The van der Waals surface area contributed by atoms with E-state index >= 15 is 0 Å². The van der Waals surface area contributed by atoms with Gasteiger partial charge in [-0.3, -0.25) is 0 Å². The molecule has 2 aromatic carbocycles. The first-order chi connectivity index (χ1) is 13.9. The third-order valence-corrected chi connectivity index (χ3v) is 6.75. The molecule has 1 aliphatic heterocycles. The Morgan fingerprint density at radius 3 is 2.55 bits per heavy atom. The van der Waals surface area contributed by atoms with Crippen LogP contribution in [0.3, 0.4) is 0 Å². The Morgan fingerprint density at radius 2 is 1.86 bits per heavy atom. The van der Waals surface area contributed by atoms with Crippen LogP contribution >= 0.6 is 0 Å². The van der Waals surface area contributed by atoms with Crippen LogP contribution in [-0.4, -0.2) is 32.7 Å². The number of nitrogens with one attached hydrogen (secondary N) is 1. The predicted octanol–water partition coefficient (Wildman–Crippen LogP) is 4.38. The summed E-state index contributed by atoms with van der Waals surface area (Å²) >= 11 is 0. The zero-order valence-corrected chi connectivity index (χ0v) is 17.3. The minimum Gasteiger partial charge on any atom is -0.419 e. The Hall–Kier alpha value is -2.64. The first-order valence-corrected chi connectivity index (χ1v) is 11.2. The molecule has 1 N–H and O–H groups in total. The Balaban J connectivity index is 1.75. The Bertz CT molecular complexity index is 1100. The predicted molar refractivity (Wildman–Crippen MR) is 111 cm³/mol. The highest BCUT2D eigenvalue weighted by Gasteiger charge is 2.29. The van der Waals surface area contributed by atoms with Gasteiger partial charge in [0.2, 0.25) is 26.6 Å². The van der Waals surface area contributed by atoms with E-state index < -0.39 is 9.84 Å². The molecule has 0 aliphatic carbocycles. The average Bonchev–Trinajstić information content (AvgIpc) is 3.37. The quantitative estimate of drug-likeness (QED) is 0.647. The van der Waals surface area contributed by atoms with Crippen LogP contribution in [0, 0.1) is 13.8 Å². The van der Waals surface area contributed by atoms with Crippen molar-refractivity contribution in [1.29, 1.82) is 0 Å². The maximum Gasteiger partial charge on any atom is 0.233 e. The van der Waals surface area contributed by atoms with Crippen LogP contribution < -0.4 is 5.32 Å². The van der Waals surface area contributed by atoms with Gasteiger partial charge in [-0.2, -0.15) is 4.98 Å². The molecule has 2 heterocycles. The lowest BCUT2D eigenvalue weighted by atomic mass is 10.1. The van der Waals surface area contributed by atoms with Crippen molar-refractivity contribution in [3.63, 3.8) is 0 Å². The van der Waals surface area contributed by atoms with Crippen LogP contribution in [-0.2, 0) is 14.6 Å². The van der Waals surface area contributed by atoms with E-state index in [2.05, 4.69) is 10.3 Å². The van der Waals surface area contributed by atoms with Crippen molar-refractivity contribution in [2.75, 3.05) is 18.5 Å². The molecular weight excluding hydrogens is 388 g/mol. The topological polar surface area (TPSA) is 81.4 Å². The number of ether oxygens (including phenoxy) is 1. The van der Waals surface area contributed by atoms with Gasteiger partial charge in [-0.05, 0) is 50.5 Å². The molecule has 1 fully saturated rings. The molecule has 29 heavy (non-hydrogen) atoms. The molecular formula is C22H24N2O4S. The highest BCUT2D eigenvalue weighted by Crippen LogP contribution is 2.33. The van der Waals surface area contributed by atoms with E-state index in [1.807, 2.05) is 38.1 Å². The van der Waals surface area contributed by atoms with Crippen molar-refractivity contribution < 1.29 is 17.6 Å². The monoisotopic (exact) mass is 412 g/mol. The second-order valence-electron chi connectivity index (χ2n) is 7.30. The van der Waals surface area contributed by atoms with Crippen molar-refractivity contribution >= 4 is 15.7 Å².